The molecule has 0 saturated heterocycles. The first kappa shape index (κ1) is 22.8. The van der Waals surface area contributed by atoms with Crippen LogP contribution in [0.3, 0.4) is 0 Å². The van der Waals surface area contributed by atoms with Gasteiger partial charge in [0.05, 0.1) is 0 Å². The summed E-state index contributed by atoms with van der Waals surface area (Å²) in [6.07, 6.45) is 5.61. The van der Waals surface area contributed by atoms with Gasteiger partial charge in [0, 0.05) is 0 Å². The van der Waals surface area contributed by atoms with Crippen LogP contribution in [0.5, 0.6) is 0 Å². The smallest absolute Gasteiger partial charge is 0.00192 e. The summed E-state index contributed by atoms with van der Waals surface area (Å²) in [5.41, 5.74) is 12.5. The molecular formula is C37H28. The van der Waals surface area contributed by atoms with Crippen LogP contribution in [0.4, 0.5) is 0 Å². The van der Waals surface area contributed by atoms with Gasteiger partial charge in [-0.2, -0.15) is 0 Å². The van der Waals surface area contributed by atoms with Crippen molar-refractivity contribution in [2.24, 2.45) is 0 Å². The van der Waals surface area contributed by atoms with Gasteiger partial charge in [-0.25, -0.2) is 0 Å². The fourth-order valence-electron chi connectivity index (χ4n) is 5.20. The van der Waals surface area contributed by atoms with Gasteiger partial charge in [-0.3, -0.25) is 0 Å². The molecule has 6 rings (SSSR count). The predicted molar refractivity (Wildman–Crippen MR) is 159 cm³/mol. The van der Waals surface area contributed by atoms with Crippen LogP contribution < -0.4 is 0 Å². The molecule has 1 aliphatic rings. The molecule has 5 aromatic carbocycles. The van der Waals surface area contributed by atoms with Crippen molar-refractivity contribution < 1.29 is 0 Å². The molecule has 0 nitrogen and oxygen atoms in total. The average Bonchev–Trinajstić information content (AvgIpc) is 2.96. The molecule has 0 amide bonds. The van der Waals surface area contributed by atoms with Gasteiger partial charge in [-0.05, 0) is 68.2 Å². The van der Waals surface area contributed by atoms with Crippen molar-refractivity contribution in [1.82, 2.24) is 0 Å². The number of benzene rings is 5. The highest BCUT2D eigenvalue weighted by Gasteiger charge is 2.23. The molecule has 0 saturated carbocycles. The molecular weight excluding hydrogens is 444 g/mol. The molecule has 0 atom stereocenters. The summed E-state index contributed by atoms with van der Waals surface area (Å²) in [5, 5.41) is 0. The lowest BCUT2D eigenvalue weighted by Crippen LogP contribution is -2.04. The molecule has 5 aromatic rings. The van der Waals surface area contributed by atoms with E-state index in [1.54, 1.807) is 0 Å². The van der Waals surface area contributed by atoms with E-state index in [1.807, 2.05) is 0 Å². The maximum absolute atomic E-state index is 2.39. The SMILES string of the molecule is C1=C(c2ccccc2)/C(c2ccccc2)=C(c2ccccc2)\C(Cc2ccccc2)=C/c2ccccc21. The van der Waals surface area contributed by atoms with E-state index >= 15 is 0 Å². The fourth-order valence-corrected chi connectivity index (χ4v) is 5.20. The average molecular weight is 473 g/mol. The van der Waals surface area contributed by atoms with E-state index in [0.717, 1.165) is 6.42 Å². The molecule has 0 heterocycles. The second-order valence-electron chi connectivity index (χ2n) is 9.37. The zero-order chi connectivity index (χ0) is 24.9. The normalized spacial score (nSPS) is 16.5. The zero-order valence-corrected chi connectivity index (χ0v) is 20.7. The monoisotopic (exact) mass is 472 g/mol. The molecule has 0 spiro atoms. The molecule has 0 unspecified atom stereocenters. The summed E-state index contributed by atoms with van der Waals surface area (Å²) >= 11 is 0. The standard InChI is InChI=1S/C37H28/c1-5-15-28(16-6-1)25-34-26-32-23-13-14-24-33(32)27-35(29-17-7-2-8-18-29)37(31-21-11-4-12-22-31)36(34)30-19-9-3-10-20-30/h1-24,26-27H,25H2/b32-26?,33-27?,34-26-,35-27?,36-34?,37-35?,37-36-. The zero-order valence-electron chi connectivity index (χ0n) is 20.7. The molecule has 0 bridgehead atoms. The first-order chi connectivity index (χ1) is 18.4. The van der Waals surface area contributed by atoms with Crippen LogP contribution in [0.2, 0.25) is 0 Å². The molecule has 1 aliphatic carbocycles. The minimum absolute atomic E-state index is 0.845. The Morgan fingerprint density at radius 1 is 0.351 bits per heavy atom. The van der Waals surface area contributed by atoms with Gasteiger partial charge in [-0.1, -0.05) is 152 Å². The second-order valence-corrected chi connectivity index (χ2v) is 9.37. The topological polar surface area (TPSA) is 0 Å². The van der Waals surface area contributed by atoms with Gasteiger partial charge in [0.15, 0.2) is 0 Å². The largest absolute Gasteiger partial charge is 0.0622 e. The van der Waals surface area contributed by atoms with Crippen LogP contribution in [-0.2, 0) is 6.42 Å². The van der Waals surface area contributed by atoms with E-state index in [-0.39, 0.29) is 0 Å². The number of allylic oxidation sites excluding steroid dienone is 4. The van der Waals surface area contributed by atoms with Crippen molar-refractivity contribution in [2.75, 3.05) is 0 Å². The molecule has 37 heavy (non-hydrogen) atoms. The number of rotatable bonds is 5. The lowest BCUT2D eigenvalue weighted by molar-refractivity contribution is 1.21. The summed E-state index contributed by atoms with van der Waals surface area (Å²) in [6, 6.07) is 52.1. The molecule has 0 aliphatic heterocycles. The van der Waals surface area contributed by atoms with E-state index in [9.17, 15) is 0 Å². The van der Waals surface area contributed by atoms with Crippen LogP contribution in [0, 0.1) is 0 Å². The molecule has 0 fully saturated rings. The van der Waals surface area contributed by atoms with Gasteiger partial charge in [0.1, 0.15) is 0 Å². The third-order valence-corrected chi connectivity index (χ3v) is 6.91. The van der Waals surface area contributed by atoms with Crippen LogP contribution in [0.25, 0.3) is 28.9 Å². The highest BCUT2D eigenvalue weighted by molar-refractivity contribution is 6.22. The van der Waals surface area contributed by atoms with Crippen LogP contribution >= 0.6 is 0 Å². The number of fused-ring (bicyclic) bond motifs is 1. The Kier molecular flexibility index (Phi) is 6.47. The Labute approximate surface area is 219 Å². The van der Waals surface area contributed by atoms with Crippen LogP contribution in [-0.4, -0.2) is 0 Å². The predicted octanol–water partition coefficient (Wildman–Crippen LogP) is 9.48. The lowest BCUT2D eigenvalue weighted by Gasteiger charge is -2.25. The van der Waals surface area contributed by atoms with E-state index in [1.165, 1.54) is 55.7 Å². The van der Waals surface area contributed by atoms with Gasteiger partial charge in [-0.15, -0.1) is 0 Å². The van der Waals surface area contributed by atoms with Gasteiger partial charge >= 0.3 is 0 Å². The van der Waals surface area contributed by atoms with E-state index in [0.29, 0.717) is 0 Å². The fraction of sp³-hybridized carbons (Fsp3) is 0.0270. The Morgan fingerprint density at radius 3 is 1.35 bits per heavy atom. The minimum atomic E-state index is 0.845. The number of hydrogen-bond acceptors (Lipinski definition) is 0. The summed E-state index contributed by atoms with van der Waals surface area (Å²) < 4.78 is 0. The van der Waals surface area contributed by atoms with Crippen molar-refractivity contribution >= 4 is 28.9 Å². The molecule has 0 N–H and O–H groups in total. The highest BCUT2D eigenvalue weighted by atomic mass is 14.3. The molecule has 0 aromatic heterocycles. The first-order valence-electron chi connectivity index (χ1n) is 12.8. The Hall–Kier alpha value is -4.68. The Balaban J connectivity index is 1.74. The molecule has 176 valence electrons. The van der Waals surface area contributed by atoms with Crippen molar-refractivity contribution in [1.29, 1.82) is 0 Å². The van der Waals surface area contributed by atoms with Gasteiger partial charge in [0.2, 0.25) is 0 Å². The van der Waals surface area contributed by atoms with Crippen LogP contribution in [0.1, 0.15) is 33.4 Å². The van der Waals surface area contributed by atoms with E-state index in [4.69, 9.17) is 0 Å². The van der Waals surface area contributed by atoms with E-state index in [2.05, 4.69) is 158 Å². The molecule has 0 radical (unpaired) electrons. The van der Waals surface area contributed by atoms with Gasteiger partial charge in [0.25, 0.3) is 0 Å². The number of hydrogen-bond donors (Lipinski definition) is 0. The van der Waals surface area contributed by atoms with Crippen molar-refractivity contribution in [3.8, 4) is 0 Å². The van der Waals surface area contributed by atoms with E-state index < -0.39 is 0 Å². The summed E-state index contributed by atoms with van der Waals surface area (Å²) in [6.45, 7) is 0. The summed E-state index contributed by atoms with van der Waals surface area (Å²) in [7, 11) is 0. The third-order valence-electron chi connectivity index (χ3n) is 6.91. The first-order valence-corrected chi connectivity index (χ1v) is 12.8. The Bertz CT molecular complexity index is 1590. The maximum atomic E-state index is 2.39. The molecule has 0 heteroatoms. The van der Waals surface area contributed by atoms with Crippen molar-refractivity contribution in [3.63, 3.8) is 0 Å². The second kappa shape index (κ2) is 10.5. The summed E-state index contributed by atoms with van der Waals surface area (Å²) in [5.74, 6) is 0. The Morgan fingerprint density at radius 2 is 0.784 bits per heavy atom. The van der Waals surface area contributed by atoms with Gasteiger partial charge < -0.3 is 0 Å². The van der Waals surface area contributed by atoms with Crippen molar-refractivity contribution in [2.45, 2.75) is 6.42 Å². The maximum Gasteiger partial charge on any atom is -0.00192 e. The minimum Gasteiger partial charge on any atom is -0.0622 e. The quantitative estimate of drug-likeness (QED) is 0.239. The highest BCUT2D eigenvalue weighted by Crippen LogP contribution is 2.44. The third kappa shape index (κ3) is 4.87. The van der Waals surface area contributed by atoms with Crippen LogP contribution in [0.15, 0.2) is 151 Å². The summed E-state index contributed by atoms with van der Waals surface area (Å²) in [4.78, 5) is 0. The lowest BCUT2D eigenvalue weighted by atomic mass is 9.78. The van der Waals surface area contributed by atoms with Crippen molar-refractivity contribution in [3.05, 3.63) is 185 Å².